The lowest BCUT2D eigenvalue weighted by Crippen LogP contribution is -2.23. The van der Waals surface area contributed by atoms with E-state index in [2.05, 4.69) is 40.7 Å². The van der Waals surface area contributed by atoms with E-state index in [1.807, 2.05) is 37.3 Å². The zero-order valence-corrected chi connectivity index (χ0v) is 19.6. The van der Waals surface area contributed by atoms with Crippen molar-refractivity contribution in [2.45, 2.75) is 13.5 Å². The fourth-order valence-electron chi connectivity index (χ4n) is 3.43. The summed E-state index contributed by atoms with van der Waals surface area (Å²) in [7, 11) is 0. The number of hydrogen-bond acceptors (Lipinski definition) is 10. The molecule has 5 heterocycles. The molecule has 5 aromatic heterocycles. The van der Waals surface area contributed by atoms with Crippen LogP contribution in [0.4, 0.5) is 11.6 Å². The standard InChI is InChI=1S/C26H19N9O2/c1-16-9-23(33-24-10-20(11-27)37-35-24)34-25(32-16)19-5-7-22(30-15-19)26(36)31-13-17-4-6-21(29-12-17)18-3-2-8-28-14-18/h2-10,12,14-15H,13H2,1H3,(H,31,36)(H,32,33,34,35). The Morgan fingerprint density at radius 1 is 1.00 bits per heavy atom. The van der Waals surface area contributed by atoms with E-state index in [4.69, 9.17) is 9.78 Å². The van der Waals surface area contributed by atoms with Crippen molar-refractivity contribution in [2.24, 2.45) is 0 Å². The van der Waals surface area contributed by atoms with E-state index in [9.17, 15) is 4.79 Å². The highest BCUT2D eigenvalue weighted by atomic mass is 16.5. The maximum absolute atomic E-state index is 12.6. The summed E-state index contributed by atoms with van der Waals surface area (Å²) in [6.07, 6.45) is 6.73. The van der Waals surface area contributed by atoms with Crippen molar-refractivity contribution in [3.05, 3.63) is 96.0 Å². The summed E-state index contributed by atoms with van der Waals surface area (Å²) in [6.45, 7) is 2.14. The Bertz CT molecular complexity index is 1580. The molecule has 11 heteroatoms. The molecule has 0 aliphatic carbocycles. The molecule has 0 aliphatic heterocycles. The van der Waals surface area contributed by atoms with Crippen molar-refractivity contribution in [1.82, 2.24) is 35.4 Å². The molecule has 5 rings (SSSR count). The molecule has 1 amide bonds. The molecule has 0 aromatic carbocycles. The summed E-state index contributed by atoms with van der Waals surface area (Å²) in [5, 5.41) is 18.5. The van der Waals surface area contributed by atoms with Gasteiger partial charge in [-0.25, -0.2) is 9.97 Å². The molecule has 37 heavy (non-hydrogen) atoms. The van der Waals surface area contributed by atoms with Crippen LogP contribution < -0.4 is 10.6 Å². The minimum Gasteiger partial charge on any atom is -0.347 e. The molecule has 0 spiro atoms. The maximum atomic E-state index is 12.6. The highest BCUT2D eigenvalue weighted by Crippen LogP contribution is 2.20. The van der Waals surface area contributed by atoms with Crippen molar-refractivity contribution in [3.63, 3.8) is 0 Å². The van der Waals surface area contributed by atoms with E-state index in [0.29, 0.717) is 35.3 Å². The molecule has 180 valence electrons. The van der Waals surface area contributed by atoms with Gasteiger partial charge in [-0.05, 0) is 42.8 Å². The van der Waals surface area contributed by atoms with Crippen LogP contribution in [0.25, 0.3) is 22.6 Å². The molecule has 0 atom stereocenters. The van der Waals surface area contributed by atoms with E-state index >= 15 is 0 Å². The Hall–Kier alpha value is -5.50. The van der Waals surface area contributed by atoms with Gasteiger partial charge >= 0.3 is 0 Å². The molecule has 0 fully saturated rings. The van der Waals surface area contributed by atoms with Gasteiger partial charge in [0.1, 0.15) is 17.6 Å². The molecule has 11 nitrogen and oxygen atoms in total. The number of anilines is 2. The highest BCUT2D eigenvalue weighted by molar-refractivity contribution is 5.92. The van der Waals surface area contributed by atoms with Crippen LogP contribution in [0.1, 0.15) is 27.5 Å². The zero-order valence-electron chi connectivity index (χ0n) is 19.6. The summed E-state index contributed by atoms with van der Waals surface area (Å²) in [4.78, 5) is 34.4. The summed E-state index contributed by atoms with van der Waals surface area (Å²) in [5.41, 5.74) is 4.21. The molecule has 0 saturated heterocycles. The van der Waals surface area contributed by atoms with Crippen molar-refractivity contribution >= 4 is 17.5 Å². The quantitative estimate of drug-likeness (QED) is 0.344. The zero-order chi connectivity index (χ0) is 25.6. The Balaban J connectivity index is 1.23. The van der Waals surface area contributed by atoms with Crippen molar-refractivity contribution in [3.8, 4) is 28.7 Å². The number of aryl methyl sites for hydroxylation is 1. The normalized spacial score (nSPS) is 10.5. The number of nitrogens with one attached hydrogen (secondary N) is 2. The Labute approximate surface area is 211 Å². The number of pyridine rings is 3. The van der Waals surface area contributed by atoms with Gasteiger partial charge in [0, 0.05) is 60.3 Å². The Kier molecular flexibility index (Phi) is 6.54. The molecular weight excluding hydrogens is 470 g/mol. The van der Waals surface area contributed by atoms with Gasteiger partial charge in [-0.15, -0.1) is 0 Å². The number of carbonyl (C=O) groups excluding carboxylic acids is 1. The van der Waals surface area contributed by atoms with Gasteiger partial charge in [-0.2, -0.15) is 5.26 Å². The van der Waals surface area contributed by atoms with Gasteiger partial charge in [0.2, 0.25) is 5.76 Å². The van der Waals surface area contributed by atoms with Gasteiger partial charge in [0.05, 0.1) is 5.69 Å². The maximum Gasteiger partial charge on any atom is 0.270 e. The van der Waals surface area contributed by atoms with Crippen molar-refractivity contribution in [1.29, 1.82) is 5.26 Å². The predicted molar refractivity (Wildman–Crippen MR) is 133 cm³/mol. The van der Waals surface area contributed by atoms with E-state index in [1.54, 1.807) is 43.0 Å². The summed E-state index contributed by atoms with van der Waals surface area (Å²) < 4.78 is 4.87. The molecule has 2 N–H and O–H groups in total. The molecular formula is C26H19N9O2. The Morgan fingerprint density at radius 2 is 1.92 bits per heavy atom. The lowest BCUT2D eigenvalue weighted by molar-refractivity contribution is 0.0946. The van der Waals surface area contributed by atoms with Crippen molar-refractivity contribution < 1.29 is 9.32 Å². The smallest absolute Gasteiger partial charge is 0.270 e. The number of rotatable bonds is 7. The average Bonchev–Trinajstić information content (AvgIpc) is 3.40. The SMILES string of the molecule is Cc1cc(Nc2cc(C#N)on2)nc(-c2ccc(C(=O)NCc3ccc(-c4cccnc4)nc3)nc2)n1. The lowest BCUT2D eigenvalue weighted by Gasteiger charge is -2.08. The first-order valence-corrected chi connectivity index (χ1v) is 11.2. The van der Waals surface area contributed by atoms with Crippen molar-refractivity contribution in [2.75, 3.05) is 5.32 Å². The summed E-state index contributed by atoms with van der Waals surface area (Å²) >= 11 is 0. The minimum absolute atomic E-state index is 0.0876. The lowest BCUT2D eigenvalue weighted by atomic mass is 10.1. The number of nitriles is 1. The van der Waals surface area contributed by atoms with E-state index < -0.39 is 0 Å². The van der Waals surface area contributed by atoms with Crippen LogP contribution in [0.15, 0.2) is 77.8 Å². The number of aromatic nitrogens is 6. The van der Waals surface area contributed by atoms with Crippen LogP contribution in [-0.4, -0.2) is 36.0 Å². The van der Waals surface area contributed by atoms with E-state index in [1.165, 1.54) is 6.07 Å². The second kappa shape index (κ2) is 10.4. The van der Waals surface area contributed by atoms with Crippen LogP contribution in [0, 0.1) is 18.3 Å². The van der Waals surface area contributed by atoms with E-state index in [-0.39, 0.29) is 17.4 Å². The number of amides is 1. The average molecular weight is 489 g/mol. The van der Waals surface area contributed by atoms with Crippen LogP contribution in [0.3, 0.4) is 0 Å². The van der Waals surface area contributed by atoms with Gasteiger partial charge in [-0.3, -0.25) is 19.7 Å². The molecule has 0 radical (unpaired) electrons. The fraction of sp³-hybridized carbons (Fsp3) is 0.0769. The van der Waals surface area contributed by atoms with Crippen LogP contribution in [-0.2, 0) is 6.54 Å². The molecule has 0 saturated carbocycles. The number of hydrogen-bond donors (Lipinski definition) is 2. The van der Waals surface area contributed by atoms with Gasteiger partial charge in [0.25, 0.3) is 5.91 Å². The van der Waals surface area contributed by atoms with Crippen LogP contribution in [0.2, 0.25) is 0 Å². The molecule has 5 aromatic rings. The third-order valence-electron chi connectivity index (χ3n) is 5.22. The molecule has 0 aliphatic rings. The fourth-order valence-corrected chi connectivity index (χ4v) is 3.43. The largest absolute Gasteiger partial charge is 0.347 e. The van der Waals surface area contributed by atoms with Crippen LogP contribution in [0.5, 0.6) is 0 Å². The van der Waals surface area contributed by atoms with Gasteiger partial charge in [-0.1, -0.05) is 11.2 Å². The van der Waals surface area contributed by atoms with E-state index in [0.717, 1.165) is 16.8 Å². The predicted octanol–water partition coefficient (Wildman–Crippen LogP) is 3.84. The summed E-state index contributed by atoms with van der Waals surface area (Å²) in [5.74, 6) is 1.03. The summed E-state index contributed by atoms with van der Waals surface area (Å²) in [6, 6.07) is 16.0. The first kappa shape index (κ1) is 23.3. The molecule has 0 bridgehead atoms. The second-order valence-electron chi connectivity index (χ2n) is 7.94. The topological polar surface area (TPSA) is 155 Å². The Morgan fingerprint density at radius 3 is 2.62 bits per heavy atom. The third-order valence-corrected chi connectivity index (χ3v) is 5.22. The van der Waals surface area contributed by atoms with Gasteiger partial charge < -0.3 is 15.2 Å². The monoisotopic (exact) mass is 489 g/mol. The molecule has 0 unspecified atom stereocenters. The number of carbonyl (C=O) groups is 1. The number of nitrogens with zero attached hydrogens (tertiary/aromatic N) is 7. The first-order valence-electron chi connectivity index (χ1n) is 11.2. The van der Waals surface area contributed by atoms with Crippen LogP contribution >= 0.6 is 0 Å². The van der Waals surface area contributed by atoms with Gasteiger partial charge in [0.15, 0.2) is 11.6 Å². The second-order valence-corrected chi connectivity index (χ2v) is 7.94. The minimum atomic E-state index is -0.310. The highest BCUT2D eigenvalue weighted by Gasteiger charge is 2.12. The first-order chi connectivity index (χ1) is 18.1. The third kappa shape index (κ3) is 5.60.